The maximum Gasteiger partial charge on any atom is 0.330 e. The molecule has 3 rings (SSSR count). The summed E-state index contributed by atoms with van der Waals surface area (Å²) in [6.07, 6.45) is 4.09. The first-order valence-corrected chi connectivity index (χ1v) is 13.0. The number of phenolic OH excluding ortho intramolecular Hbond substituents is 1. The van der Waals surface area contributed by atoms with E-state index in [9.17, 15) is 9.90 Å². The molecular weight excluding hydrogens is 480 g/mol. The minimum atomic E-state index is -0.751. The summed E-state index contributed by atoms with van der Waals surface area (Å²) in [5.41, 5.74) is 10.0. The summed E-state index contributed by atoms with van der Waals surface area (Å²) in [5.74, 6) is 5.83. The fraction of sp³-hybridized carbons (Fsp3) is 0.269. The number of aryl methyl sites for hydroxylation is 1. The van der Waals surface area contributed by atoms with Gasteiger partial charge in [0.05, 0.1) is 11.3 Å². The van der Waals surface area contributed by atoms with Gasteiger partial charge in [-0.25, -0.2) is 10.6 Å². The second kappa shape index (κ2) is 13.2. The average molecular weight is 513 g/mol. The van der Waals surface area contributed by atoms with E-state index < -0.39 is 12.0 Å². The molecule has 3 aromatic rings. The van der Waals surface area contributed by atoms with Crippen molar-refractivity contribution in [1.29, 1.82) is 0 Å². The Morgan fingerprint density at radius 3 is 2.49 bits per heavy atom. The van der Waals surface area contributed by atoms with Crippen molar-refractivity contribution >= 4 is 29.3 Å². The molecule has 35 heavy (non-hydrogen) atoms. The van der Waals surface area contributed by atoms with Gasteiger partial charge in [0.2, 0.25) is 0 Å². The molecule has 2 aromatic carbocycles. The van der Waals surface area contributed by atoms with Gasteiger partial charge in [0.15, 0.2) is 0 Å². The van der Waals surface area contributed by atoms with E-state index in [1.165, 1.54) is 46.3 Å². The highest BCUT2D eigenvalue weighted by molar-refractivity contribution is 7.99. The number of ether oxygens (including phenoxy) is 1. The number of carbonyl (C=O) groups is 1. The van der Waals surface area contributed by atoms with Crippen LogP contribution in [0.2, 0.25) is 0 Å². The summed E-state index contributed by atoms with van der Waals surface area (Å²) in [6, 6.07) is 18.8. The Balaban J connectivity index is 1.54. The molecule has 0 aliphatic carbocycles. The van der Waals surface area contributed by atoms with Crippen LogP contribution >= 0.6 is 23.3 Å². The lowest BCUT2D eigenvalue weighted by molar-refractivity contribution is -0.146. The van der Waals surface area contributed by atoms with Crippen molar-refractivity contribution < 1.29 is 14.6 Å². The van der Waals surface area contributed by atoms with Gasteiger partial charge in [-0.05, 0) is 59.3 Å². The molecule has 0 spiro atoms. The molecule has 0 amide bonds. The molecule has 0 saturated heterocycles. The molecular formula is C26H32N4O3S2. The Labute approximate surface area is 214 Å². The molecule has 0 fully saturated rings. The van der Waals surface area contributed by atoms with E-state index in [1.807, 2.05) is 0 Å². The summed E-state index contributed by atoms with van der Waals surface area (Å²) in [5, 5.41) is 10.7. The monoisotopic (exact) mass is 512 g/mol. The second-order valence-corrected chi connectivity index (χ2v) is 10.3. The summed E-state index contributed by atoms with van der Waals surface area (Å²) < 4.78 is 9.27. The van der Waals surface area contributed by atoms with Gasteiger partial charge in [-0.3, -0.25) is 4.72 Å². The van der Waals surface area contributed by atoms with Gasteiger partial charge in [-0.2, -0.15) is 0 Å². The molecule has 0 bridgehead atoms. The maximum atomic E-state index is 12.3. The normalized spacial score (nSPS) is 12.4. The van der Waals surface area contributed by atoms with Crippen LogP contribution in [0.25, 0.3) is 10.4 Å². The lowest BCUT2D eigenvalue weighted by atomic mass is 10.1. The lowest BCUT2D eigenvalue weighted by Gasteiger charge is -2.24. The van der Waals surface area contributed by atoms with E-state index in [0.717, 1.165) is 22.6 Å². The highest BCUT2D eigenvalue weighted by atomic mass is 32.2. The number of phenols is 1. The number of aromatic hydroxyl groups is 1. The van der Waals surface area contributed by atoms with Crippen molar-refractivity contribution in [3.63, 3.8) is 0 Å². The number of hydrogen-bond donors (Lipinski definition) is 4. The number of methoxy groups -OCH3 is 1. The van der Waals surface area contributed by atoms with Crippen molar-refractivity contribution in [3.8, 4) is 16.2 Å². The van der Waals surface area contributed by atoms with Crippen LogP contribution in [0.15, 0.2) is 76.8 Å². The van der Waals surface area contributed by atoms with E-state index in [1.54, 1.807) is 35.6 Å². The van der Waals surface area contributed by atoms with Crippen molar-refractivity contribution in [2.75, 3.05) is 13.7 Å². The van der Waals surface area contributed by atoms with Crippen molar-refractivity contribution in [1.82, 2.24) is 9.73 Å². The number of hydrazine groups is 1. The van der Waals surface area contributed by atoms with Crippen LogP contribution < -0.4 is 16.3 Å². The number of benzene rings is 2. The number of esters is 1. The minimum Gasteiger partial charge on any atom is -0.508 e. The maximum absolute atomic E-state index is 12.3. The Bertz CT molecular complexity index is 1110. The topological polar surface area (TPSA) is 114 Å². The third kappa shape index (κ3) is 8.03. The zero-order chi connectivity index (χ0) is 25.2. The highest BCUT2D eigenvalue weighted by Crippen LogP contribution is 2.33. The van der Waals surface area contributed by atoms with E-state index >= 15 is 0 Å². The number of nitrogens with zero attached hydrogens (tertiary/aromatic N) is 1. The van der Waals surface area contributed by atoms with Crippen LogP contribution in [0.1, 0.15) is 24.5 Å². The Hall–Kier alpha value is -2.98. The molecule has 186 valence electrons. The first-order valence-electron chi connectivity index (χ1n) is 11.3. The molecule has 0 radical (unpaired) electrons. The van der Waals surface area contributed by atoms with Gasteiger partial charge in [0.1, 0.15) is 11.8 Å². The summed E-state index contributed by atoms with van der Waals surface area (Å²) in [4.78, 5) is 13.5. The van der Waals surface area contributed by atoms with Crippen LogP contribution in [0, 0.1) is 0 Å². The van der Waals surface area contributed by atoms with E-state index in [-0.39, 0.29) is 5.75 Å². The van der Waals surface area contributed by atoms with E-state index in [4.69, 9.17) is 16.3 Å². The molecule has 1 heterocycles. The summed E-state index contributed by atoms with van der Waals surface area (Å²) >= 11 is 3.21. The number of nitrogens with one attached hydrogen (secondary N) is 1. The van der Waals surface area contributed by atoms with Crippen molar-refractivity contribution in [2.24, 2.45) is 11.6 Å². The van der Waals surface area contributed by atoms with Crippen LogP contribution in [-0.2, 0) is 22.4 Å². The SMILES string of the molecule is CCCc1ccc(-c2ccc(SNC/C(N)=C/N(N)[C@H](Cc3ccc(O)cc3)C(=O)OC)s2)cc1. The Morgan fingerprint density at radius 1 is 1.14 bits per heavy atom. The fourth-order valence-corrected chi connectivity index (χ4v) is 5.35. The predicted molar refractivity (Wildman–Crippen MR) is 144 cm³/mol. The molecule has 6 N–H and O–H groups in total. The molecule has 0 aliphatic heterocycles. The Kier molecular flexibility index (Phi) is 10.0. The number of hydrogen-bond acceptors (Lipinski definition) is 9. The van der Waals surface area contributed by atoms with Crippen LogP contribution in [0.3, 0.4) is 0 Å². The van der Waals surface area contributed by atoms with Gasteiger partial charge in [0, 0.05) is 29.7 Å². The zero-order valence-corrected chi connectivity index (χ0v) is 21.6. The highest BCUT2D eigenvalue weighted by Gasteiger charge is 2.24. The standard InChI is InChI=1S/C26H32N4O3S2/c1-3-4-18-5-9-20(10-6-18)24-13-14-25(34-24)35-29-16-21(27)17-30(28)23(26(32)33-2)15-19-7-11-22(31)12-8-19/h5-14,17,23,29,31H,3-4,15-16,27-28H2,1-2H3/b21-17-/t23-/m1/s1. The van der Waals surface area contributed by atoms with Crippen LogP contribution in [0.5, 0.6) is 5.75 Å². The first kappa shape index (κ1) is 26.6. The predicted octanol–water partition coefficient (Wildman–Crippen LogP) is 4.43. The minimum absolute atomic E-state index is 0.156. The Morgan fingerprint density at radius 2 is 1.83 bits per heavy atom. The molecule has 1 atom stereocenters. The van der Waals surface area contributed by atoms with Gasteiger partial charge >= 0.3 is 5.97 Å². The number of nitrogens with two attached hydrogens (primary N) is 2. The zero-order valence-electron chi connectivity index (χ0n) is 19.9. The smallest absolute Gasteiger partial charge is 0.330 e. The fourth-order valence-electron chi connectivity index (χ4n) is 3.47. The van der Waals surface area contributed by atoms with Crippen LogP contribution in [-0.4, -0.2) is 35.8 Å². The molecule has 1 aromatic heterocycles. The molecule has 0 aliphatic rings. The quantitative estimate of drug-likeness (QED) is 0.122. The number of rotatable bonds is 12. The second-order valence-electron chi connectivity index (χ2n) is 8.05. The van der Waals surface area contributed by atoms with Gasteiger partial charge in [-0.1, -0.05) is 49.7 Å². The first-order chi connectivity index (χ1) is 16.9. The summed E-state index contributed by atoms with van der Waals surface area (Å²) in [7, 11) is 1.32. The van der Waals surface area contributed by atoms with E-state index in [2.05, 4.69) is 48.0 Å². The third-order valence-electron chi connectivity index (χ3n) is 5.32. The van der Waals surface area contributed by atoms with E-state index in [0.29, 0.717) is 18.7 Å². The van der Waals surface area contributed by atoms with Crippen molar-refractivity contribution in [3.05, 3.63) is 83.7 Å². The van der Waals surface area contributed by atoms with Gasteiger partial charge < -0.3 is 20.6 Å². The average Bonchev–Trinajstić information content (AvgIpc) is 3.32. The van der Waals surface area contributed by atoms with Gasteiger partial charge in [-0.15, -0.1) is 11.3 Å². The van der Waals surface area contributed by atoms with Gasteiger partial charge in [0.25, 0.3) is 0 Å². The largest absolute Gasteiger partial charge is 0.508 e. The molecule has 0 unspecified atom stereocenters. The number of carbonyl (C=O) groups excluding carboxylic acids is 1. The number of thiophene rings is 1. The summed E-state index contributed by atoms with van der Waals surface area (Å²) in [6.45, 7) is 2.57. The van der Waals surface area contributed by atoms with Crippen molar-refractivity contribution in [2.45, 2.75) is 36.4 Å². The molecule has 7 nitrogen and oxygen atoms in total. The third-order valence-corrected chi connectivity index (χ3v) is 7.38. The lowest BCUT2D eigenvalue weighted by Crippen LogP contribution is -2.45. The molecule has 0 saturated carbocycles. The molecule has 9 heteroatoms. The van der Waals surface area contributed by atoms with Crippen LogP contribution in [0.4, 0.5) is 0 Å².